The lowest BCUT2D eigenvalue weighted by molar-refractivity contribution is -0.137. The van der Waals surface area contributed by atoms with Crippen LogP contribution in [0.25, 0.3) is 0 Å². The number of likely N-dealkylation sites (N-methyl/N-ethyl adjacent to an activating group) is 1. The maximum Gasteiger partial charge on any atom is 0.260 e. The Labute approximate surface area is 143 Å². The first kappa shape index (κ1) is 18.3. The predicted molar refractivity (Wildman–Crippen MR) is 92.8 cm³/mol. The standard InChI is InChI=1S/C18H27N3O3/c1-2-19-10-11-20-18(23)15-7-6-12-21(13-15)17(22)14-24-16-8-4-3-5-9-16/h3-5,8-9,15,19H,2,6-7,10-14H2,1H3,(H,20,23). The number of hydrogen-bond acceptors (Lipinski definition) is 4. The summed E-state index contributed by atoms with van der Waals surface area (Å²) < 4.78 is 5.51. The molecule has 1 unspecified atom stereocenters. The topological polar surface area (TPSA) is 70.7 Å². The zero-order valence-corrected chi connectivity index (χ0v) is 14.3. The molecule has 1 aliphatic heterocycles. The Kier molecular flexibility index (Phi) is 7.55. The van der Waals surface area contributed by atoms with Crippen molar-refractivity contribution in [3.8, 4) is 5.75 Å². The number of nitrogens with zero attached hydrogens (tertiary/aromatic N) is 1. The van der Waals surface area contributed by atoms with Gasteiger partial charge in [-0.05, 0) is 31.5 Å². The number of amides is 2. The lowest BCUT2D eigenvalue weighted by Crippen LogP contribution is -2.47. The summed E-state index contributed by atoms with van der Waals surface area (Å²) in [5.41, 5.74) is 0. The first-order chi connectivity index (χ1) is 11.7. The average molecular weight is 333 g/mol. The van der Waals surface area contributed by atoms with Crippen molar-refractivity contribution in [1.82, 2.24) is 15.5 Å². The van der Waals surface area contributed by atoms with Gasteiger partial charge in [-0.15, -0.1) is 0 Å². The van der Waals surface area contributed by atoms with Gasteiger partial charge in [0.1, 0.15) is 5.75 Å². The fraction of sp³-hybridized carbons (Fsp3) is 0.556. The van der Waals surface area contributed by atoms with E-state index in [9.17, 15) is 9.59 Å². The Morgan fingerprint density at radius 1 is 1.25 bits per heavy atom. The third-order valence-electron chi connectivity index (χ3n) is 4.10. The molecule has 1 aromatic rings. The molecule has 24 heavy (non-hydrogen) atoms. The molecule has 2 N–H and O–H groups in total. The second kappa shape index (κ2) is 9.93. The minimum absolute atomic E-state index is 0.0127. The number of likely N-dealkylation sites (tertiary alicyclic amines) is 1. The fourth-order valence-electron chi connectivity index (χ4n) is 2.77. The second-order valence-electron chi connectivity index (χ2n) is 5.93. The number of piperidine rings is 1. The van der Waals surface area contributed by atoms with Gasteiger partial charge < -0.3 is 20.3 Å². The smallest absolute Gasteiger partial charge is 0.260 e. The monoisotopic (exact) mass is 333 g/mol. The van der Waals surface area contributed by atoms with Crippen LogP contribution in [0.15, 0.2) is 30.3 Å². The van der Waals surface area contributed by atoms with Gasteiger partial charge in [0.15, 0.2) is 6.61 Å². The number of hydrogen-bond donors (Lipinski definition) is 2. The molecule has 1 aromatic carbocycles. The molecule has 1 heterocycles. The first-order valence-electron chi connectivity index (χ1n) is 8.64. The number of para-hydroxylation sites is 1. The molecule has 1 atom stereocenters. The molecule has 0 radical (unpaired) electrons. The van der Waals surface area contributed by atoms with Crippen molar-refractivity contribution >= 4 is 11.8 Å². The van der Waals surface area contributed by atoms with E-state index < -0.39 is 0 Å². The van der Waals surface area contributed by atoms with Crippen molar-refractivity contribution in [2.45, 2.75) is 19.8 Å². The zero-order valence-electron chi connectivity index (χ0n) is 14.3. The molecule has 2 amide bonds. The van der Waals surface area contributed by atoms with Crippen LogP contribution in [0.4, 0.5) is 0 Å². The highest BCUT2D eigenvalue weighted by Gasteiger charge is 2.28. The van der Waals surface area contributed by atoms with Crippen LogP contribution in [0.5, 0.6) is 5.75 Å². The molecule has 6 nitrogen and oxygen atoms in total. The van der Waals surface area contributed by atoms with Crippen molar-refractivity contribution in [2.24, 2.45) is 5.92 Å². The number of benzene rings is 1. The summed E-state index contributed by atoms with van der Waals surface area (Å²) in [5.74, 6) is 0.528. The number of rotatable bonds is 8. The van der Waals surface area contributed by atoms with Gasteiger partial charge in [-0.1, -0.05) is 25.1 Å². The third-order valence-corrected chi connectivity index (χ3v) is 4.10. The Balaban J connectivity index is 1.75. The highest BCUT2D eigenvalue weighted by Crippen LogP contribution is 2.17. The predicted octanol–water partition coefficient (Wildman–Crippen LogP) is 1.03. The fourth-order valence-corrected chi connectivity index (χ4v) is 2.77. The Morgan fingerprint density at radius 2 is 2.04 bits per heavy atom. The van der Waals surface area contributed by atoms with Gasteiger partial charge in [0.25, 0.3) is 5.91 Å². The van der Waals surface area contributed by atoms with Crippen molar-refractivity contribution in [1.29, 1.82) is 0 Å². The van der Waals surface area contributed by atoms with Gasteiger partial charge in [0.2, 0.25) is 5.91 Å². The molecule has 0 aromatic heterocycles. The number of carbonyl (C=O) groups excluding carboxylic acids is 2. The van der Waals surface area contributed by atoms with Crippen LogP contribution >= 0.6 is 0 Å². The summed E-state index contributed by atoms with van der Waals surface area (Å²) in [7, 11) is 0. The molecule has 0 aliphatic carbocycles. The molecule has 0 bridgehead atoms. The molecule has 132 valence electrons. The highest BCUT2D eigenvalue weighted by molar-refractivity contribution is 5.81. The van der Waals surface area contributed by atoms with Gasteiger partial charge in [-0.3, -0.25) is 9.59 Å². The number of carbonyl (C=O) groups is 2. The molecule has 1 aliphatic rings. The molecule has 6 heteroatoms. The van der Waals surface area contributed by atoms with E-state index in [-0.39, 0.29) is 24.3 Å². The number of ether oxygens (including phenoxy) is 1. The SMILES string of the molecule is CCNCCNC(=O)C1CCCN(C(=O)COc2ccccc2)C1. The lowest BCUT2D eigenvalue weighted by atomic mass is 9.97. The molecule has 2 rings (SSSR count). The van der Waals surface area contributed by atoms with E-state index in [1.807, 2.05) is 37.3 Å². The Hall–Kier alpha value is -2.08. The molecular weight excluding hydrogens is 306 g/mol. The molecular formula is C18H27N3O3. The van der Waals surface area contributed by atoms with Gasteiger partial charge in [0, 0.05) is 26.2 Å². The van der Waals surface area contributed by atoms with Crippen LogP contribution in [0.2, 0.25) is 0 Å². The van der Waals surface area contributed by atoms with E-state index in [0.717, 1.165) is 25.9 Å². The maximum absolute atomic E-state index is 12.3. The summed E-state index contributed by atoms with van der Waals surface area (Å²) in [6.07, 6.45) is 1.68. The van der Waals surface area contributed by atoms with Crippen LogP contribution in [0.3, 0.4) is 0 Å². The van der Waals surface area contributed by atoms with Gasteiger partial charge in [-0.25, -0.2) is 0 Å². The first-order valence-corrected chi connectivity index (χ1v) is 8.64. The highest BCUT2D eigenvalue weighted by atomic mass is 16.5. The van der Waals surface area contributed by atoms with E-state index in [0.29, 0.717) is 25.4 Å². The third kappa shape index (κ3) is 5.85. The number of nitrogens with one attached hydrogen (secondary N) is 2. The average Bonchev–Trinajstić information content (AvgIpc) is 2.64. The van der Waals surface area contributed by atoms with Gasteiger partial charge in [0.05, 0.1) is 5.92 Å². The van der Waals surface area contributed by atoms with E-state index in [1.54, 1.807) is 4.90 Å². The van der Waals surface area contributed by atoms with E-state index in [1.165, 1.54) is 0 Å². The van der Waals surface area contributed by atoms with Crippen molar-refractivity contribution in [3.63, 3.8) is 0 Å². The van der Waals surface area contributed by atoms with Crippen LogP contribution in [0, 0.1) is 5.92 Å². The van der Waals surface area contributed by atoms with Crippen molar-refractivity contribution in [3.05, 3.63) is 30.3 Å². The van der Waals surface area contributed by atoms with E-state index in [4.69, 9.17) is 4.74 Å². The largest absolute Gasteiger partial charge is 0.484 e. The molecule has 1 fully saturated rings. The normalized spacial score (nSPS) is 17.4. The zero-order chi connectivity index (χ0) is 17.2. The van der Waals surface area contributed by atoms with Gasteiger partial charge >= 0.3 is 0 Å². The summed E-state index contributed by atoms with van der Waals surface area (Å²) in [6.45, 7) is 5.49. The van der Waals surface area contributed by atoms with E-state index in [2.05, 4.69) is 10.6 Å². The Morgan fingerprint density at radius 3 is 2.79 bits per heavy atom. The summed E-state index contributed by atoms with van der Waals surface area (Å²) in [6, 6.07) is 9.29. The summed E-state index contributed by atoms with van der Waals surface area (Å²) in [4.78, 5) is 26.2. The van der Waals surface area contributed by atoms with Crippen LogP contribution in [-0.4, -0.2) is 56.0 Å². The van der Waals surface area contributed by atoms with Crippen LogP contribution in [0.1, 0.15) is 19.8 Å². The minimum Gasteiger partial charge on any atom is -0.484 e. The van der Waals surface area contributed by atoms with Crippen LogP contribution < -0.4 is 15.4 Å². The summed E-state index contributed by atoms with van der Waals surface area (Å²) >= 11 is 0. The van der Waals surface area contributed by atoms with Crippen molar-refractivity contribution in [2.75, 3.05) is 39.3 Å². The van der Waals surface area contributed by atoms with Crippen LogP contribution in [-0.2, 0) is 9.59 Å². The Bertz CT molecular complexity index is 522. The molecule has 1 saturated heterocycles. The van der Waals surface area contributed by atoms with Crippen molar-refractivity contribution < 1.29 is 14.3 Å². The quantitative estimate of drug-likeness (QED) is 0.697. The summed E-state index contributed by atoms with van der Waals surface area (Å²) in [5, 5.41) is 6.10. The van der Waals surface area contributed by atoms with E-state index >= 15 is 0 Å². The maximum atomic E-state index is 12.3. The molecule has 0 spiro atoms. The second-order valence-corrected chi connectivity index (χ2v) is 5.93. The molecule has 0 saturated carbocycles. The van der Waals surface area contributed by atoms with Gasteiger partial charge in [-0.2, -0.15) is 0 Å². The minimum atomic E-state index is -0.124. The lowest BCUT2D eigenvalue weighted by Gasteiger charge is -2.32.